The first-order chi connectivity index (χ1) is 15.1. The number of nitro groups is 1. The molecule has 4 aromatic rings. The summed E-state index contributed by atoms with van der Waals surface area (Å²) in [5, 5.41) is 16.7. The van der Waals surface area contributed by atoms with Crippen molar-refractivity contribution in [2.45, 2.75) is 0 Å². The quantitative estimate of drug-likeness (QED) is 0.271. The molecule has 1 heterocycles. The molecule has 0 aliphatic heterocycles. The lowest BCUT2D eigenvalue weighted by Crippen LogP contribution is -2.24. The predicted octanol–water partition coefficient (Wildman–Crippen LogP) is 4.54. The van der Waals surface area contributed by atoms with Crippen LogP contribution in [0, 0.1) is 10.1 Å². The maximum Gasteiger partial charge on any atom is 0.277 e. The molecule has 0 aliphatic carbocycles. The van der Waals surface area contributed by atoms with Gasteiger partial charge < -0.3 is 9.15 Å². The maximum atomic E-state index is 11.9. The molecule has 1 aromatic heterocycles. The van der Waals surface area contributed by atoms with Crippen molar-refractivity contribution >= 4 is 28.6 Å². The lowest BCUT2D eigenvalue weighted by Gasteiger charge is -2.06. The van der Waals surface area contributed by atoms with E-state index in [4.69, 9.17) is 9.15 Å². The molecule has 0 bridgehead atoms. The van der Waals surface area contributed by atoms with Crippen LogP contribution in [0.3, 0.4) is 0 Å². The van der Waals surface area contributed by atoms with Gasteiger partial charge in [-0.25, -0.2) is 5.43 Å². The lowest BCUT2D eigenvalue weighted by molar-refractivity contribution is -0.384. The highest BCUT2D eigenvalue weighted by Gasteiger charge is 2.08. The van der Waals surface area contributed by atoms with Gasteiger partial charge in [0.05, 0.1) is 11.1 Å². The second-order valence-electron chi connectivity index (χ2n) is 6.60. The third-order valence-electron chi connectivity index (χ3n) is 4.46. The minimum Gasteiger partial charge on any atom is -0.484 e. The zero-order valence-electron chi connectivity index (χ0n) is 16.2. The van der Waals surface area contributed by atoms with E-state index in [1.54, 1.807) is 30.3 Å². The highest BCUT2D eigenvalue weighted by molar-refractivity contribution is 5.84. The molecule has 0 fully saturated rings. The van der Waals surface area contributed by atoms with Gasteiger partial charge in [-0.2, -0.15) is 5.10 Å². The van der Waals surface area contributed by atoms with Crippen molar-refractivity contribution in [2.24, 2.45) is 5.10 Å². The number of nitrogens with zero attached hydrogens (tertiary/aromatic N) is 2. The van der Waals surface area contributed by atoms with E-state index in [1.165, 1.54) is 18.3 Å². The zero-order chi connectivity index (χ0) is 21.6. The fraction of sp³-hybridized carbons (Fsp3) is 0.0435. The van der Waals surface area contributed by atoms with Gasteiger partial charge in [0, 0.05) is 17.7 Å². The normalized spacial score (nSPS) is 11.0. The number of amides is 1. The number of non-ortho nitro benzene ring substituents is 1. The fourth-order valence-corrected chi connectivity index (χ4v) is 2.93. The Morgan fingerprint density at radius 2 is 1.81 bits per heavy atom. The Kier molecular flexibility index (Phi) is 5.70. The first-order valence-corrected chi connectivity index (χ1v) is 9.37. The van der Waals surface area contributed by atoms with Gasteiger partial charge >= 0.3 is 0 Å². The SMILES string of the molecule is O=C(COc1ccc2ccccc2c1)N/N=C/c1ccc(-c2ccc([N+](=O)[O-])cc2)o1. The molecule has 0 atom stereocenters. The second kappa shape index (κ2) is 8.91. The van der Waals surface area contributed by atoms with E-state index in [0.717, 1.165) is 10.8 Å². The van der Waals surface area contributed by atoms with Crippen molar-refractivity contribution in [3.8, 4) is 17.1 Å². The summed E-state index contributed by atoms with van der Waals surface area (Å²) in [5.41, 5.74) is 3.08. The van der Waals surface area contributed by atoms with Crippen LogP contribution in [0.15, 0.2) is 88.4 Å². The van der Waals surface area contributed by atoms with Gasteiger partial charge in [0.2, 0.25) is 0 Å². The first kappa shape index (κ1) is 19.8. The van der Waals surface area contributed by atoms with Gasteiger partial charge in [-0.1, -0.05) is 30.3 Å². The van der Waals surface area contributed by atoms with E-state index >= 15 is 0 Å². The predicted molar refractivity (Wildman–Crippen MR) is 116 cm³/mol. The van der Waals surface area contributed by atoms with Crippen molar-refractivity contribution in [1.29, 1.82) is 0 Å². The monoisotopic (exact) mass is 415 g/mol. The first-order valence-electron chi connectivity index (χ1n) is 9.37. The van der Waals surface area contributed by atoms with E-state index in [1.807, 2.05) is 36.4 Å². The molecule has 3 aromatic carbocycles. The number of benzene rings is 3. The second-order valence-corrected chi connectivity index (χ2v) is 6.60. The lowest BCUT2D eigenvalue weighted by atomic mass is 10.1. The van der Waals surface area contributed by atoms with E-state index in [-0.39, 0.29) is 12.3 Å². The number of carbonyl (C=O) groups is 1. The summed E-state index contributed by atoms with van der Waals surface area (Å²) in [4.78, 5) is 22.2. The van der Waals surface area contributed by atoms with Crippen LogP contribution in [-0.4, -0.2) is 23.7 Å². The molecule has 8 nitrogen and oxygen atoms in total. The molecule has 8 heteroatoms. The van der Waals surface area contributed by atoms with Crippen LogP contribution < -0.4 is 10.2 Å². The molecule has 0 spiro atoms. The largest absolute Gasteiger partial charge is 0.484 e. The van der Waals surface area contributed by atoms with Crippen LogP contribution in [0.1, 0.15) is 5.76 Å². The van der Waals surface area contributed by atoms with Gasteiger partial charge in [-0.05, 0) is 47.2 Å². The summed E-state index contributed by atoms with van der Waals surface area (Å²) in [7, 11) is 0. The van der Waals surface area contributed by atoms with Crippen molar-refractivity contribution < 1.29 is 18.9 Å². The number of nitro benzene ring substituents is 1. The number of rotatable bonds is 7. The smallest absolute Gasteiger partial charge is 0.277 e. The van der Waals surface area contributed by atoms with Crippen LogP contribution >= 0.6 is 0 Å². The van der Waals surface area contributed by atoms with E-state index in [2.05, 4.69) is 10.5 Å². The summed E-state index contributed by atoms with van der Waals surface area (Å²) in [6, 6.07) is 22.9. The van der Waals surface area contributed by atoms with E-state index in [9.17, 15) is 14.9 Å². The number of furan rings is 1. The Hall–Kier alpha value is -4.46. The molecule has 154 valence electrons. The number of nitrogens with one attached hydrogen (secondary N) is 1. The average molecular weight is 415 g/mol. The molecule has 0 saturated carbocycles. The number of ether oxygens (including phenoxy) is 1. The third kappa shape index (κ3) is 4.94. The molecule has 4 rings (SSSR count). The Bertz CT molecular complexity index is 1260. The summed E-state index contributed by atoms with van der Waals surface area (Å²) in [6.07, 6.45) is 1.36. The standard InChI is InChI=1S/C23H17N3O5/c27-23(15-30-20-10-7-16-3-1-2-4-18(16)13-20)25-24-14-21-11-12-22(31-21)17-5-8-19(9-6-17)26(28)29/h1-14H,15H2,(H,25,27)/b24-14+. The molecular weight excluding hydrogens is 398 g/mol. The summed E-state index contributed by atoms with van der Waals surface area (Å²) in [5.74, 6) is 1.13. The summed E-state index contributed by atoms with van der Waals surface area (Å²) < 4.78 is 11.1. The number of hydrogen-bond donors (Lipinski definition) is 1. The summed E-state index contributed by atoms with van der Waals surface area (Å²) >= 11 is 0. The van der Waals surface area contributed by atoms with Crippen LogP contribution in [0.4, 0.5) is 5.69 Å². The van der Waals surface area contributed by atoms with Gasteiger partial charge in [0.15, 0.2) is 6.61 Å². The molecule has 0 unspecified atom stereocenters. The van der Waals surface area contributed by atoms with Gasteiger partial charge in [0.25, 0.3) is 11.6 Å². The Morgan fingerprint density at radius 1 is 1.03 bits per heavy atom. The van der Waals surface area contributed by atoms with Crippen molar-refractivity contribution in [3.63, 3.8) is 0 Å². The average Bonchev–Trinajstić information content (AvgIpc) is 3.26. The maximum absolute atomic E-state index is 11.9. The van der Waals surface area contributed by atoms with Crippen LogP contribution in [0.2, 0.25) is 0 Å². The fourth-order valence-electron chi connectivity index (χ4n) is 2.93. The minimum atomic E-state index is -0.462. The topological polar surface area (TPSA) is 107 Å². The number of hydrazone groups is 1. The van der Waals surface area contributed by atoms with Gasteiger partial charge in [-0.15, -0.1) is 0 Å². The third-order valence-corrected chi connectivity index (χ3v) is 4.46. The Morgan fingerprint density at radius 3 is 2.58 bits per heavy atom. The van der Waals surface area contributed by atoms with Crippen LogP contribution in [-0.2, 0) is 4.79 Å². The van der Waals surface area contributed by atoms with Crippen LogP contribution in [0.25, 0.3) is 22.1 Å². The van der Waals surface area contributed by atoms with Crippen molar-refractivity contribution in [1.82, 2.24) is 5.43 Å². The molecular formula is C23H17N3O5. The number of carbonyl (C=O) groups excluding carboxylic acids is 1. The molecule has 1 N–H and O–H groups in total. The highest BCUT2D eigenvalue weighted by Crippen LogP contribution is 2.24. The van der Waals surface area contributed by atoms with Gasteiger partial charge in [-0.3, -0.25) is 14.9 Å². The molecule has 31 heavy (non-hydrogen) atoms. The minimum absolute atomic E-state index is 0.00529. The van der Waals surface area contributed by atoms with E-state index < -0.39 is 10.8 Å². The Balaban J connectivity index is 1.30. The number of hydrogen-bond acceptors (Lipinski definition) is 6. The summed E-state index contributed by atoms with van der Waals surface area (Å²) in [6.45, 7) is -0.179. The molecule has 0 saturated heterocycles. The molecule has 1 amide bonds. The highest BCUT2D eigenvalue weighted by atomic mass is 16.6. The Labute approximate surface area is 176 Å². The van der Waals surface area contributed by atoms with Crippen molar-refractivity contribution in [3.05, 3.63) is 94.7 Å². The zero-order valence-corrected chi connectivity index (χ0v) is 16.2. The van der Waals surface area contributed by atoms with E-state index in [0.29, 0.717) is 22.8 Å². The molecule has 0 aliphatic rings. The number of fused-ring (bicyclic) bond motifs is 1. The molecule has 0 radical (unpaired) electrons. The van der Waals surface area contributed by atoms with Gasteiger partial charge in [0.1, 0.15) is 17.3 Å². The van der Waals surface area contributed by atoms with Crippen molar-refractivity contribution in [2.75, 3.05) is 6.61 Å². The van der Waals surface area contributed by atoms with Crippen LogP contribution in [0.5, 0.6) is 5.75 Å².